The lowest BCUT2D eigenvalue weighted by atomic mass is 10.1. The molecule has 0 fully saturated rings. The van der Waals surface area contributed by atoms with Crippen LogP contribution >= 0.6 is 15.9 Å². The molecule has 0 amide bonds. The topological polar surface area (TPSA) is 34.7 Å². The molecule has 2 nitrogen and oxygen atoms in total. The Balaban J connectivity index is 2.91. The van der Waals surface area contributed by atoms with Gasteiger partial charge in [0, 0.05) is 10.5 Å². The van der Waals surface area contributed by atoms with E-state index in [2.05, 4.69) is 21.0 Å². The van der Waals surface area contributed by atoms with Gasteiger partial charge in [-0.3, -0.25) is 0 Å². The molecule has 0 radical (unpaired) electrons. The van der Waals surface area contributed by atoms with Gasteiger partial charge in [0.05, 0.1) is 0 Å². The Hall–Kier alpha value is -0.700. The van der Waals surface area contributed by atoms with Gasteiger partial charge in [-0.1, -0.05) is 28.1 Å². The van der Waals surface area contributed by atoms with Gasteiger partial charge in [-0.05, 0) is 24.6 Å². The van der Waals surface area contributed by atoms with Crippen LogP contribution in [0.15, 0.2) is 29.4 Å². The Bertz CT molecular complexity index is 241. The highest BCUT2D eigenvalue weighted by molar-refractivity contribution is 9.09. The van der Waals surface area contributed by atoms with Gasteiger partial charge >= 0.3 is 0 Å². The van der Waals surface area contributed by atoms with Gasteiger partial charge in [0.1, 0.15) is 0 Å². The van der Waals surface area contributed by atoms with E-state index < -0.39 is 0 Å². The van der Waals surface area contributed by atoms with Crippen LogP contribution in [0.25, 0.3) is 5.53 Å². The molecule has 1 unspecified atom stereocenters. The zero-order valence-corrected chi connectivity index (χ0v) is 7.75. The van der Waals surface area contributed by atoms with Gasteiger partial charge in [0.2, 0.25) is 0 Å². The maximum atomic E-state index is 8.38. The van der Waals surface area contributed by atoms with Crippen molar-refractivity contribution >= 4 is 21.6 Å². The molecule has 0 saturated heterocycles. The molecule has 0 bridgehead atoms. The lowest BCUT2D eigenvalue weighted by molar-refractivity contribution is 1.12. The quantitative estimate of drug-likeness (QED) is 0.527. The molecule has 0 aliphatic carbocycles. The minimum atomic E-state index is 0.343. The van der Waals surface area contributed by atoms with Gasteiger partial charge in [-0.15, -0.1) is 0 Å². The fraction of sp³-hybridized carbons (Fsp3) is 0.250. The van der Waals surface area contributed by atoms with Crippen LogP contribution in [-0.4, -0.2) is 0 Å². The van der Waals surface area contributed by atoms with E-state index in [9.17, 15) is 0 Å². The third-order valence-corrected chi connectivity index (χ3v) is 2.00. The van der Waals surface area contributed by atoms with E-state index in [-0.39, 0.29) is 0 Å². The van der Waals surface area contributed by atoms with Gasteiger partial charge in [-0.2, -0.15) is 0 Å². The summed E-state index contributed by atoms with van der Waals surface area (Å²) >= 11 is 3.44. The van der Waals surface area contributed by atoms with Crippen molar-refractivity contribution in [2.75, 3.05) is 0 Å². The third-order valence-electron chi connectivity index (χ3n) is 1.47. The molecular formula is C8H8BrN2-. The fourth-order valence-corrected chi connectivity index (χ4v) is 1.11. The molecule has 0 spiro atoms. The minimum absolute atomic E-state index is 0.343. The van der Waals surface area contributed by atoms with Crippen LogP contribution in [0.5, 0.6) is 0 Å². The zero-order valence-electron chi connectivity index (χ0n) is 6.16. The van der Waals surface area contributed by atoms with E-state index in [1.165, 1.54) is 5.56 Å². The van der Waals surface area contributed by atoms with Crippen LogP contribution in [0.2, 0.25) is 0 Å². The number of alkyl halides is 1. The van der Waals surface area contributed by atoms with Crippen molar-refractivity contribution in [3.8, 4) is 0 Å². The van der Waals surface area contributed by atoms with Crippen molar-refractivity contribution in [2.45, 2.75) is 11.8 Å². The van der Waals surface area contributed by atoms with E-state index in [0.717, 1.165) is 0 Å². The van der Waals surface area contributed by atoms with Crippen LogP contribution in [0.4, 0.5) is 5.69 Å². The molecule has 1 rings (SSSR count). The van der Waals surface area contributed by atoms with Crippen LogP contribution in [0.1, 0.15) is 17.3 Å². The second kappa shape index (κ2) is 3.62. The van der Waals surface area contributed by atoms with E-state index in [1.54, 1.807) is 12.1 Å². The fourth-order valence-electron chi connectivity index (χ4n) is 0.806. The average molecular weight is 212 g/mol. The predicted octanol–water partition coefficient (Wildman–Crippen LogP) is 3.80. The smallest absolute Gasteiger partial charge is 0.0396 e. The van der Waals surface area contributed by atoms with Gasteiger partial charge in [0.15, 0.2) is 0 Å². The number of nitrogens with zero attached hydrogens (tertiary/aromatic N) is 2. The lowest BCUT2D eigenvalue weighted by Gasteiger charge is -2.03. The number of rotatable bonds is 2. The molecule has 0 N–H and O–H groups in total. The normalized spacial score (nSPS) is 12.5. The molecule has 0 aromatic heterocycles. The Labute approximate surface area is 74.3 Å². The maximum Gasteiger partial charge on any atom is 0.0396 e. The number of hydrogen-bond donors (Lipinski definition) is 0. The minimum Gasteiger partial charge on any atom is -0.706 e. The Morgan fingerprint density at radius 3 is 2.27 bits per heavy atom. The predicted molar refractivity (Wildman–Crippen MR) is 49.2 cm³/mol. The van der Waals surface area contributed by atoms with Crippen molar-refractivity contribution in [3.63, 3.8) is 0 Å². The maximum absolute atomic E-state index is 8.38. The summed E-state index contributed by atoms with van der Waals surface area (Å²) in [5.41, 5.74) is 10.1. The van der Waals surface area contributed by atoms with E-state index in [1.807, 2.05) is 19.1 Å². The molecule has 11 heavy (non-hydrogen) atoms. The summed E-state index contributed by atoms with van der Waals surface area (Å²) in [6, 6.07) is 7.39. The van der Waals surface area contributed by atoms with Crippen LogP contribution < -0.4 is 0 Å². The zero-order chi connectivity index (χ0) is 8.27. The molecule has 1 atom stereocenters. The number of halogens is 1. The average Bonchev–Trinajstić information content (AvgIpc) is 2.05. The Morgan fingerprint density at radius 1 is 1.36 bits per heavy atom. The Morgan fingerprint density at radius 2 is 1.91 bits per heavy atom. The summed E-state index contributed by atoms with van der Waals surface area (Å²) in [5.74, 6) is 0. The standard InChI is InChI=1S/C8H8BrN2/c1-6(9)7-2-4-8(11-10)5-3-7/h2-6H,1H3/q-1. The van der Waals surface area contributed by atoms with Crippen molar-refractivity contribution in [1.29, 1.82) is 0 Å². The van der Waals surface area contributed by atoms with Gasteiger partial charge in [-0.25, -0.2) is 0 Å². The van der Waals surface area contributed by atoms with Crippen LogP contribution in [0, 0.1) is 0 Å². The first-order valence-electron chi connectivity index (χ1n) is 3.33. The summed E-state index contributed by atoms with van der Waals surface area (Å²) in [6.07, 6.45) is 0. The highest BCUT2D eigenvalue weighted by Crippen LogP contribution is 2.23. The van der Waals surface area contributed by atoms with Crippen molar-refractivity contribution in [2.24, 2.45) is 5.11 Å². The SMILES string of the molecule is CC(Br)c1ccc(N=[N-])cc1. The van der Waals surface area contributed by atoms with Crippen LogP contribution in [-0.2, 0) is 0 Å². The highest BCUT2D eigenvalue weighted by atomic mass is 79.9. The van der Waals surface area contributed by atoms with Crippen molar-refractivity contribution < 1.29 is 0 Å². The highest BCUT2D eigenvalue weighted by Gasteiger charge is 1.97. The largest absolute Gasteiger partial charge is 0.706 e. The molecule has 0 aliphatic rings. The first kappa shape index (κ1) is 8.40. The number of hydrogen-bond acceptors (Lipinski definition) is 1. The summed E-state index contributed by atoms with van der Waals surface area (Å²) in [4.78, 5) is 0.343. The van der Waals surface area contributed by atoms with Gasteiger partial charge in [0.25, 0.3) is 0 Å². The molecular weight excluding hydrogens is 204 g/mol. The molecule has 0 aliphatic heterocycles. The van der Waals surface area contributed by atoms with E-state index in [0.29, 0.717) is 10.5 Å². The molecule has 1 aromatic rings. The van der Waals surface area contributed by atoms with Crippen molar-refractivity contribution in [3.05, 3.63) is 35.4 Å². The van der Waals surface area contributed by atoms with Crippen LogP contribution in [0.3, 0.4) is 0 Å². The van der Waals surface area contributed by atoms with E-state index >= 15 is 0 Å². The molecule has 0 heterocycles. The summed E-state index contributed by atoms with van der Waals surface area (Å²) in [7, 11) is 0. The first-order chi connectivity index (χ1) is 5.24. The number of benzene rings is 1. The molecule has 3 heteroatoms. The molecule has 58 valence electrons. The van der Waals surface area contributed by atoms with E-state index in [4.69, 9.17) is 5.53 Å². The second-order valence-electron chi connectivity index (χ2n) is 2.31. The summed E-state index contributed by atoms with van der Waals surface area (Å²) in [6.45, 7) is 2.05. The Kier molecular flexibility index (Phi) is 2.76. The summed E-state index contributed by atoms with van der Waals surface area (Å²) < 4.78 is 0. The lowest BCUT2D eigenvalue weighted by Crippen LogP contribution is -1.80. The molecule has 1 aromatic carbocycles. The first-order valence-corrected chi connectivity index (χ1v) is 4.24. The monoisotopic (exact) mass is 211 g/mol. The second-order valence-corrected chi connectivity index (χ2v) is 3.68. The van der Waals surface area contributed by atoms with Crippen molar-refractivity contribution in [1.82, 2.24) is 0 Å². The summed E-state index contributed by atoms with van der Waals surface area (Å²) in [5, 5.41) is 3.06. The molecule has 0 saturated carbocycles. The van der Waals surface area contributed by atoms with Gasteiger partial charge < -0.3 is 10.6 Å². The third kappa shape index (κ3) is 2.12.